The number of nitrogens with two attached hydrogens (primary N) is 1. The van der Waals surface area contributed by atoms with E-state index in [1.54, 1.807) is 25.4 Å². The van der Waals surface area contributed by atoms with Gasteiger partial charge in [-0.15, -0.1) is 0 Å². The Bertz CT molecular complexity index is 1370. The van der Waals surface area contributed by atoms with Gasteiger partial charge in [-0.2, -0.15) is 0 Å². The van der Waals surface area contributed by atoms with Crippen LogP contribution >= 0.6 is 11.6 Å². The van der Waals surface area contributed by atoms with Gasteiger partial charge in [0.1, 0.15) is 28.2 Å². The van der Waals surface area contributed by atoms with Crippen molar-refractivity contribution >= 4 is 29.3 Å². The molecule has 1 aliphatic heterocycles. The van der Waals surface area contributed by atoms with Crippen LogP contribution in [0.25, 0.3) is 16.9 Å². The second-order valence-corrected chi connectivity index (χ2v) is 9.00. The summed E-state index contributed by atoms with van der Waals surface area (Å²) in [5, 5.41) is -0.0180. The number of allylic oxidation sites excluding steroid dienone is 1. The molecule has 0 radical (unpaired) electrons. The molecule has 1 saturated carbocycles. The SMILES string of the molecule is Cc1nc2c(-c3ccc(F)cc3F)nc(N3CCO[C@H](C)C3)cn2c(=O)c1Cl.N/C=C\C=NC1CC1. The highest BCUT2D eigenvalue weighted by molar-refractivity contribution is 6.31. The minimum Gasteiger partial charge on any atom is -0.405 e. The summed E-state index contributed by atoms with van der Waals surface area (Å²) in [6.07, 6.45) is 9.04. The molecule has 11 heteroatoms. The third kappa shape index (κ3) is 5.88. The normalized spacial score (nSPS) is 18.1. The Morgan fingerprint density at radius 3 is 2.72 bits per heavy atom. The summed E-state index contributed by atoms with van der Waals surface area (Å²) >= 11 is 6.09. The summed E-state index contributed by atoms with van der Waals surface area (Å²) in [5.41, 5.74) is 5.25. The van der Waals surface area contributed by atoms with Crippen molar-refractivity contribution in [3.05, 3.63) is 69.4 Å². The maximum atomic E-state index is 14.5. The van der Waals surface area contributed by atoms with Crippen molar-refractivity contribution in [2.24, 2.45) is 10.7 Å². The number of aromatic nitrogens is 3. The van der Waals surface area contributed by atoms with Crippen molar-refractivity contribution in [3.63, 3.8) is 0 Å². The van der Waals surface area contributed by atoms with Gasteiger partial charge in [-0.25, -0.2) is 18.7 Å². The summed E-state index contributed by atoms with van der Waals surface area (Å²) < 4.78 is 34.7. The molecule has 2 aliphatic rings. The molecule has 8 nitrogen and oxygen atoms in total. The van der Waals surface area contributed by atoms with Crippen molar-refractivity contribution < 1.29 is 13.5 Å². The van der Waals surface area contributed by atoms with Crippen LogP contribution in [0.5, 0.6) is 0 Å². The quantitative estimate of drug-likeness (QED) is 0.528. The van der Waals surface area contributed by atoms with Crippen LogP contribution in [0.2, 0.25) is 5.02 Å². The van der Waals surface area contributed by atoms with E-state index < -0.39 is 17.2 Å². The second-order valence-electron chi connectivity index (χ2n) is 8.62. The second kappa shape index (κ2) is 11.1. The first-order valence-corrected chi connectivity index (χ1v) is 12.0. The number of hydrogen-bond acceptors (Lipinski definition) is 7. The first-order chi connectivity index (χ1) is 17.3. The third-order valence-electron chi connectivity index (χ3n) is 5.70. The summed E-state index contributed by atoms with van der Waals surface area (Å²) in [7, 11) is 0. The van der Waals surface area contributed by atoms with Gasteiger partial charge in [0.2, 0.25) is 0 Å². The van der Waals surface area contributed by atoms with Crippen LogP contribution in [0.15, 0.2) is 46.5 Å². The Labute approximate surface area is 212 Å². The van der Waals surface area contributed by atoms with E-state index in [0.717, 1.165) is 12.1 Å². The molecule has 36 heavy (non-hydrogen) atoms. The van der Waals surface area contributed by atoms with Crippen LogP contribution in [0, 0.1) is 18.6 Å². The third-order valence-corrected chi connectivity index (χ3v) is 6.14. The predicted molar refractivity (Wildman–Crippen MR) is 137 cm³/mol. The molecule has 190 valence electrons. The van der Waals surface area contributed by atoms with Crippen molar-refractivity contribution in [1.82, 2.24) is 14.4 Å². The molecule has 0 unspecified atom stereocenters. The van der Waals surface area contributed by atoms with E-state index in [1.807, 2.05) is 11.8 Å². The molecule has 2 N–H and O–H groups in total. The molecule has 1 aromatic carbocycles. The zero-order valence-corrected chi connectivity index (χ0v) is 20.8. The Morgan fingerprint density at radius 1 is 1.28 bits per heavy atom. The van der Waals surface area contributed by atoms with Gasteiger partial charge in [0, 0.05) is 30.9 Å². The average Bonchev–Trinajstić information content (AvgIpc) is 3.68. The number of aliphatic imine (C=N–C) groups is 1. The predicted octanol–water partition coefficient (Wildman–Crippen LogP) is 3.91. The first kappa shape index (κ1) is 25.7. The fourth-order valence-electron chi connectivity index (χ4n) is 3.70. The van der Waals surface area contributed by atoms with Crippen LogP contribution in [0.4, 0.5) is 14.6 Å². The van der Waals surface area contributed by atoms with Gasteiger partial charge in [0.05, 0.1) is 30.6 Å². The van der Waals surface area contributed by atoms with Crippen molar-refractivity contribution in [2.75, 3.05) is 24.6 Å². The Kier molecular flexibility index (Phi) is 7.95. The van der Waals surface area contributed by atoms with E-state index in [-0.39, 0.29) is 28.0 Å². The minimum absolute atomic E-state index is 0.0180. The maximum Gasteiger partial charge on any atom is 0.277 e. The van der Waals surface area contributed by atoms with Gasteiger partial charge in [0.25, 0.3) is 5.56 Å². The highest BCUT2D eigenvalue weighted by Gasteiger charge is 2.23. The van der Waals surface area contributed by atoms with Gasteiger partial charge in [0.15, 0.2) is 5.65 Å². The lowest BCUT2D eigenvalue weighted by Gasteiger charge is -2.32. The molecule has 0 bridgehead atoms. The number of rotatable bonds is 4. The highest BCUT2D eigenvalue weighted by atomic mass is 35.5. The number of hydrogen-bond donors (Lipinski definition) is 1. The zero-order chi connectivity index (χ0) is 25.8. The summed E-state index contributed by atoms with van der Waals surface area (Å²) in [6, 6.07) is 3.82. The number of morpholine rings is 1. The van der Waals surface area contributed by atoms with Crippen LogP contribution < -0.4 is 16.2 Å². The zero-order valence-electron chi connectivity index (χ0n) is 20.0. The molecule has 1 saturated heterocycles. The molecule has 5 rings (SSSR count). The molecular weight excluding hydrogens is 490 g/mol. The fourth-order valence-corrected chi connectivity index (χ4v) is 3.83. The van der Waals surface area contributed by atoms with Crippen molar-refractivity contribution in [2.45, 2.75) is 38.8 Å². The topological polar surface area (TPSA) is 98.1 Å². The number of benzene rings is 1. The smallest absolute Gasteiger partial charge is 0.277 e. The monoisotopic (exact) mass is 516 g/mol. The van der Waals surface area contributed by atoms with E-state index in [2.05, 4.69) is 15.0 Å². The highest BCUT2D eigenvalue weighted by Crippen LogP contribution is 2.28. The van der Waals surface area contributed by atoms with Gasteiger partial charge < -0.3 is 15.4 Å². The van der Waals surface area contributed by atoms with E-state index >= 15 is 0 Å². The van der Waals surface area contributed by atoms with Gasteiger partial charge in [-0.3, -0.25) is 14.2 Å². The minimum atomic E-state index is -0.788. The molecule has 3 aromatic rings. The molecule has 2 aromatic heterocycles. The molecule has 2 fully saturated rings. The Balaban J connectivity index is 0.000000325. The van der Waals surface area contributed by atoms with Gasteiger partial charge in [-0.05, 0) is 51.1 Å². The number of ether oxygens (including phenoxy) is 1. The van der Waals surface area contributed by atoms with E-state index in [9.17, 15) is 13.6 Å². The number of anilines is 1. The van der Waals surface area contributed by atoms with Crippen molar-refractivity contribution in [1.29, 1.82) is 0 Å². The fraction of sp³-hybridized carbons (Fsp3) is 0.360. The standard InChI is InChI=1S/C19H17ClF2N4O2.C6H10N2/c1-10-8-25(5-6-28-10)15-9-26-18(23-11(2)16(20)19(26)27)17(24-15)13-4-3-12(21)7-14(13)22;7-4-1-5-8-6-2-3-6/h3-4,7,9-10H,5-6,8H2,1-2H3;1,4-6H,2-3,7H2/b;4-1-,8-5?/t10-;/m1./s1. The number of fused-ring (bicyclic) bond motifs is 1. The summed E-state index contributed by atoms with van der Waals surface area (Å²) in [5.74, 6) is -1.03. The molecule has 3 heterocycles. The van der Waals surface area contributed by atoms with Crippen LogP contribution in [0.1, 0.15) is 25.5 Å². The Hall–Kier alpha value is -3.37. The lowest BCUT2D eigenvalue weighted by molar-refractivity contribution is 0.0529. The summed E-state index contributed by atoms with van der Waals surface area (Å²) in [6.45, 7) is 5.15. The molecule has 1 aliphatic carbocycles. The average molecular weight is 517 g/mol. The Morgan fingerprint density at radius 2 is 2.06 bits per heavy atom. The number of halogens is 3. The van der Waals surface area contributed by atoms with Gasteiger partial charge in [-0.1, -0.05) is 11.6 Å². The van der Waals surface area contributed by atoms with Crippen LogP contribution in [0.3, 0.4) is 0 Å². The maximum absolute atomic E-state index is 14.5. The number of nitrogens with zero attached hydrogens (tertiary/aromatic N) is 5. The van der Waals surface area contributed by atoms with E-state index in [4.69, 9.17) is 22.1 Å². The van der Waals surface area contributed by atoms with Crippen LogP contribution in [-0.4, -0.2) is 52.4 Å². The largest absolute Gasteiger partial charge is 0.405 e. The van der Waals surface area contributed by atoms with Gasteiger partial charge >= 0.3 is 0 Å². The molecule has 0 spiro atoms. The first-order valence-electron chi connectivity index (χ1n) is 11.6. The lowest BCUT2D eigenvalue weighted by Crippen LogP contribution is -2.41. The lowest BCUT2D eigenvalue weighted by atomic mass is 10.1. The summed E-state index contributed by atoms with van der Waals surface area (Å²) in [4.78, 5) is 27.7. The molecule has 1 atom stereocenters. The molecular formula is C25H27ClF2N6O2. The van der Waals surface area contributed by atoms with E-state index in [1.165, 1.54) is 29.5 Å². The van der Waals surface area contributed by atoms with Crippen molar-refractivity contribution in [3.8, 4) is 11.3 Å². The van der Waals surface area contributed by atoms with E-state index in [0.29, 0.717) is 37.3 Å². The number of aryl methyl sites for hydroxylation is 1. The molecule has 0 amide bonds. The van der Waals surface area contributed by atoms with Crippen LogP contribution in [-0.2, 0) is 4.74 Å².